The zero-order chi connectivity index (χ0) is 16.7. The number of hydrogen-bond donors (Lipinski definition) is 2. The zero-order valence-corrected chi connectivity index (χ0v) is 14.2. The van der Waals surface area contributed by atoms with Gasteiger partial charge in [0.05, 0.1) is 11.3 Å². The number of fused-ring (bicyclic) bond motifs is 3. The molecule has 2 saturated heterocycles. The lowest BCUT2D eigenvalue weighted by atomic mass is 9.90. The number of aromatic nitrogens is 1. The molecule has 1 aromatic heterocycles. The van der Waals surface area contributed by atoms with Crippen molar-refractivity contribution in [1.29, 1.82) is 0 Å². The summed E-state index contributed by atoms with van der Waals surface area (Å²) in [7, 11) is 2.29. The number of carbonyl (C=O) groups excluding carboxylic acids is 1. The van der Waals surface area contributed by atoms with Gasteiger partial charge in [-0.1, -0.05) is 0 Å². The molecule has 1 aromatic rings. The Bertz CT molecular complexity index is 621. The Morgan fingerprint density at radius 2 is 2.12 bits per heavy atom. The van der Waals surface area contributed by atoms with Crippen molar-refractivity contribution in [3.8, 4) is 0 Å². The Morgan fingerprint density at radius 3 is 2.83 bits per heavy atom. The maximum Gasteiger partial charge on any atom is 0.276 e. The van der Waals surface area contributed by atoms with Crippen molar-refractivity contribution in [1.82, 2.24) is 20.3 Å². The van der Waals surface area contributed by atoms with Crippen molar-refractivity contribution in [3.63, 3.8) is 0 Å². The first-order valence-electron chi connectivity index (χ1n) is 9.00. The second-order valence-corrected chi connectivity index (χ2v) is 7.64. The van der Waals surface area contributed by atoms with Gasteiger partial charge in [0.1, 0.15) is 0 Å². The lowest BCUT2D eigenvalue weighted by molar-refractivity contribution is 0.0705. The fourth-order valence-corrected chi connectivity index (χ4v) is 4.85. The molecular weight excluding hydrogens is 304 g/mol. The summed E-state index contributed by atoms with van der Waals surface area (Å²) in [4.78, 5) is 21.1. The van der Waals surface area contributed by atoms with Crippen LogP contribution in [0.4, 0.5) is 0 Å². The van der Waals surface area contributed by atoms with Crippen LogP contribution in [0.3, 0.4) is 0 Å². The van der Waals surface area contributed by atoms with Crippen LogP contribution in [0.1, 0.15) is 47.3 Å². The second kappa shape index (κ2) is 6.43. The van der Waals surface area contributed by atoms with Crippen LogP contribution in [0.15, 0.2) is 12.3 Å². The van der Waals surface area contributed by atoms with Crippen LogP contribution in [-0.2, 0) is 13.0 Å². The third-order valence-corrected chi connectivity index (χ3v) is 6.21. The van der Waals surface area contributed by atoms with Crippen LogP contribution in [0.2, 0.25) is 0 Å². The Hall–Kier alpha value is -1.50. The lowest BCUT2D eigenvalue weighted by Gasteiger charge is -2.39. The minimum atomic E-state index is -0.491. The quantitative estimate of drug-likeness (QED) is 0.648. The molecule has 2 fully saturated rings. The fraction of sp³-hybridized carbons (Fsp3) is 0.667. The Morgan fingerprint density at radius 1 is 1.38 bits per heavy atom. The van der Waals surface area contributed by atoms with Crippen LogP contribution in [0.5, 0.6) is 0 Å². The molecule has 6 nitrogen and oxygen atoms in total. The molecule has 2 N–H and O–H groups in total. The summed E-state index contributed by atoms with van der Waals surface area (Å²) < 4.78 is 0. The number of hydroxylamine groups is 1. The molecule has 0 aromatic carbocycles. The van der Waals surface area contributed by atoms with E-state index in [9.17, 15) is 4.79 Å². The summed E-state index contributed by atoms with van der Waals surface area (Å²) in [6, 6.07) is 3.45. The SMILES string of the molecule is CN1C2CC[C@H]1CC(CN1CCc3cc(C(=O)NO)cnc3C1)C2. The van der Waals surface area contributed by atoms with Crippen molar-refractivity contribution >= 4 is 5.91 Å². The molecule has 4 rings (SSSR count). The molecule has 4 heterocycles. The average Bonchev–Trinajstić information content (AvgIpc) is 2.82. The van der Waals surface area contributed by atoms with Crippen LogP contribution in [0.25, 0.3) is 0 Å². The number of amides is 1. The molecule has 0 aliphatic carbocycles. The minimum absolute atomic E-state index is 0.427. The highest BCUT2D eigenvalue weighted by molar-refractivity contribution is 5.93. The summed E-state index contributed by atoms with van der Waals surface area (Å²) in [6.45, 7) is 3.07. The van der Waals surface area contributed by atoms with Crippen LogP contribution in [0, 0.1) is 5.92 Å². The van der Waals surface area contributed by atoms with E-state index in [0.717, 1.165) is 48.8 Å². The first kappa shape index (κ1) is 16.0. The highest BCUT2D eigenvalue weighted by Gasteiger charge is 2.38. The molecule has 1 amide bonds. The van der Waals surface area contributed by atoms with Crippen LogP contribution in [-0.4, -0.2) is 58.1 Å². The predicted octanol–water partition coefficient (Wildman–Crippen LogP) is 1.43. The Balaban J connectivity index is 1.39. The first-order valence-corrected chi connectivity index (χ1v) is 9.00. The van der Waals surface area contributed by atoms with Gasteiger partial charge in [0.15, 0.2) is 0 Å². The molecule has 6 heteroatoms. The largest absolute Gasteiger partial charge is 0.300 e. The van der Waals surface area contributed by atoms with Crippen molar-refractivity contribution in [2.24, 2.45) is 5.92 Å². The van der Waals surface area contributed by atoms with Crippen molar-refractivity contribution in [2.75, 3.05) is 20.1 Å². The molecule has 2 bridgehead atoms. The molecule has 0 radical (unpaired) electrons. The van der Waals surface area contributed by atoms with E-state index < -0.39 is 5.91 Å². The van der Waals surface area contributed by atoms with Gasteiger partial charge in [-0.3, -0.25) is 19.9 Å². The van der Waals surface area contributed by atoms with Gasteiger partial charge in [0, 0.05) is 37.9 Å². The van der Waals surface area contributed by atoms with E-state index in [1.807, 2.05) is 6.07 Å². The van der Waals surface area contributed by atoms with Gasteiger partial charge in [0.2, 0.25) is 0 Å². The Labute approximate surface area is 142 Å². The topological polar surface area (TPSA) is 68.7 Å². The molecule has 3 aliphatic heterocycles. The second-order valence-electron chi connectivity index (χ2n) is 7.64. The summed E-state index contributed by atoms with van der Waals surface area (Å²) in [5, 5.41) is 8.74. The summed E-state index contributed by atoms with van der Waals surface area (Å²) in [5.74, 6) is 0.314. The number of nitrogens with one attached hydrogen (secondary N) is 1. The molecule has 3 aliphatic rings. The molecule has 0 saturated carbocycles. The van der Waals surface area contributed by atoms with E-state index in [1.54, 1.807) is 11.7 Å². The number of nitrogens with zero attached hydrogens (tertiary/aromatic N) is 3. The van der Waals surface area contributed by atoms with E-state index in [0.29, 0.717) is 5.56 Å². The zero-order valence-electron chi connectivity index (χ0n) is 14.2. The minimum Gasteiger partial charge on any atom is -0.300 e. The third kappa shape index (κ3) is 2.94. The van der Waals surface area contributed by atoms with Gasteiger partial charge in [-0.25, -0.2) is 5.48 Å². The van der Waals surface area contributed by atoms with Crippen LogP contribution >= 0.6 is 0 Å². The monoisotopic (exact) mass is 330 g/mol. The third-order valence-electron chi connectivity index (χ3n) is 6.21. The van der Waals surface area contributed by atoms with E-state index in [2.05, 4.69) is 21.8 Å². The van der Waals surface area contributed by atoms with Gasteiger partial charge < -0.3 is 4.90 Å². The van der Waals surface area contributed by atoms with E-state index in [1.165, 1.54) is 32.2 Å². The summed E-state index contributed by atoms with van der Waals surface area (Å²) in [6.07, 6.45) is 7.90. The highest BCUT2D eigenvalue weighted by atomic mass is 16.5. The summed E-state index contributed by atoms with van der Waals surface area (Å²) in [5.41, 5.74) is 4.31. The van der Waals surface area contributed by atoms with Crippen molar-refractivity contribution < 1.29 is 10.0 Å². The standard InChI is InChI=1S/C18H26N4O2/c1-21-15-2-3-16(21)7-12(6-15)10-22-5-4-13-8-14(18(23)20-24)9-19-17(13)11-22/h8-9,12,15-16,24H,2-7,10-11H2,1H3,(H,20,23)/t12?,15-,16?/m0/s1. The Kier molecular flexibility index (Phi) is 4.28. The van der Waals surface area contributed by atoms with Gasteiger partial charge in [-0.05, 0) is 56.7 Å². The molecule has 2 unspecified atom stereocenters. The molecular formula is C18H26N4O2. The normalized spacial score (nSPS) is 30.2. The number of carbonyl (C=O) groups is 1. The molecule has 3 atom stereocenters. The lowest BCUT2D eigenvalue weighted by Crippen LogP contribution is -2.44. The van der Waals surface area contributed by atoms with E-state index in [4.69, 9.17) is 5.21 Å². The molecule has 130 valence electrons. The first-order chi connectivity index (χ1) is 11.6. The smallest absolute Gasteiger partial charge is 0.276 e. The highest BCUT2D eigenvalue weighted by Crippen LogP contribution is 2.38. The molecule has 0 spiro atoms. The van der Waals surface area contributed by atoms with Crippen molar-refractivity contribution in [3.05, 3.63) is 29.1 Å². The maximum absolute atomic E-state index is 11.5. The van der Waals surface area contributed by atoms with Crippen LogP contribution < -0.4 is 5.48 Å². The van der Waals surface area contributed by atoms with Gasteiger partial charge in [-0.15, -0.1) is 0 Å². The summed E-state index contributed by atoms with van der Waals surface area (Å²) >= 11 is 0. The number of hydrogen-bond acceptors (Lipinski definition) is 5. The molecule has 24 heavy (non-hydrogen) atoms. The average molecular weight is 330 g/mol. The van der Waals surface area contributed by atoms with Gasteiger partial charge >= 0.3 is 0 Å². The maximum atomic E-state index is 11.5. The number of piperidine rings is 1. The van der Waals surface area contributed by atoms with Gasteiger partial charge in [-0.2, -0.15) is 0 Å². The number of pyridine rings is 1. The van der Waals surface area contributed by atoms with E-state index in [-0.39, 0.29) is 0 Å². The number of rotatable bonds is 3. The fourth-order valence-electron chi connectivity index (χ4n) is 4.85. The van der Waals surface area contributed by atoms with E-state index >= 15 is 0 Å². The van der Waals surface area contributed by atoms with Gasteiger partial charge in [0.25, 0.3) is 5.91 Å². The van der Waals surface area contributed by atoms with Crippen molar-refractivity contribution in [2.45, 2.75) is 50.7 Å². The predicted molar refractivity (Wildman–Crippen MR) is 89.8 cm³/mol.